The van der Waals surface area contributed by atoms with E-state index in [-0.39, 0.29) is 17.5 Å². The van der Waals surface area contributed by atoms with Crippen molar-refractivity contribution in [2.24, 2.45) is 0 Å². The molecule has 0 aromatic heterocycles. The summed E-state index contributed by atoms with van der Waals surface area (Å²) in [6.07, 6.45) is 1.89. The van der Waals surface area contributed by atoms with Crippen molar-refractivity contribution >= 4 is 11.4 Å². The van der Waals surface area contributed by atoms with Gasteiger partial charge in [0.25, 0.3) is 0 Å². The number of methoxy groups -OCH3 is 1. The van der Waals surface area contributed by atoms with Crippen molar-refractivity contribution in [3.63, 3.8) is 0 Å². The van der Waals surface area contributed by atoms with Crippen LogP contribution in [-0.4, -0.2) is 37.8 Å². The molecule has 1 aliphatic heterocycles. The molecule has 2 rings (SSSR count). The zero-order chi connectivity index (χ0) is 15.4. The third-order valence-electron chi connectivity index (χ3n) is 3.57. The number of nitrogens with zero attached hydrogens (tertiary/aromatic N) is 2. The van der Waals surface area contributed by atoms with Crippen molar-refractivity contribution in [2.45, 2.75) is 25.9 Å². The van der Waals surface area contributed by atoms with E-state index in [1.165, 1.54) is 13.2 Å². The average Bonchev–Trinajstić information content (AvgIpc) is 2.47. The smallest absolute Gasteiger partial charge is 0.313 e. The molecule has 1 heterocycles. The Morgan fingerprint density at radius 1 is 1.52 bits per heavy atom. The highest BCUT2D eigenvalue weighted by atomic mass is 19.1. The van der Waals surface area contributed by atoms with Crippen LogP contribution in [0.25, 0.3) is 0 Å². The number of hydrogen-bond donors (Lipinski definition) is 0. The molecule has 0 N–H and O–H groups in total. The van der Waals surface area contributed by atoms with Crippen LogP contribution in [0.1, 0.15) is 19.8 Å². The van der Waals surface area contributed by atoms with Gasteiger partial charge in [0.05, 0.1) is 29.9 Å². The molecule has 0 unspecified atom stereocenters. The Balaban J connectivity index is 2.28. The third-order valence-corrected chi connectivity index (χ3v) is 3.57. The number of anilines is 1. The van der Waals surface area contributed by atoms with Gasteiger partial charge in [-0.25, -0.2) is 4.39 Å². The summed E-state index contributed by atoms with van der Waals surface area (Å²) in [6, 6.07) is 2.31. The molecular formula is C14H19FN2O4. The van der Waals surface area contributed by atoms with Gasteiger partial charge >= 0.3 is 5.69 Å². The molecule has 7 heteroatoms. The minimum absolute atomic E-state index is 0.0596. The molecule has 1 aromatic carbocycles. The first-order chi connectivity index (χ1) is 10.1. The van der Waals surface area contributed by atoms with E-state index in [0.29, 0.717) is 25.4 Å². The molecule has 0 radical (unpaired) electrons. The molecule has 21 heavy (non-hydrogen) atoms. The normalized spacial score (nSPS) is 18.6. The van der Waals surface area contributed by atoms with Crippen molar-refractivity contribution in [3.05, 3.63) is 28.1 Å². The average molecular weight is 298 g/mol. The fourth-order valence-corrected chi connectivity index (χ4v) is 2.61. The molecule has 0 saturated carbocycles. The molecule has 0 amide bonds. The molecule has 6 nitrogen and oxygen atoms in total. The van der Waals surface area contributed by atoms with E-state index in [1.807, 2.05) is 11.8 Å². The molecule has 0 bridgehead atoms. The van der Waals surface area contributed by atoms with Crippen LogP contribution in [0.4, 0.5) is 15.8 Å². The number of rotatable bonds is 5. The van der Waals surface area contributed by atoms with Crippen LogP contribution in [0.2, 0.25) is 0 Å². The largest absolute Gasteiger partial charge is 0.490 e. The van der Waals surface area contributed by atoms with Gasteiger partial charge < -0.3 is 14.4 Å². The first-order valence-electron chi connectivity index (χ1n) is 6.95. The van der Waals surface area contributed by atoms with Crippen LogP contribution in [0.5, 0.6) is 5.75 Å². The molecule has 0 spiro atoms. The fraction of sp³-hybridized carbons (Fsp3) is 0.571. The maximum Gasteiger partial charge on any atom is 0.313 e. The van der Waals surface area contributed by atoms with Gasteiger partial charge in [0.2, 0.25) is 0 Å². The van der Waals surface area contributed by atoms with E-state index in [0.717, 1.165) is 18.9 Å². The standard InChI is InChI=1S/C14H19FN2O4/c1-3-21-10-5-4-6-16(9-10)12-8-14(20-2)13(17(18)19)7-11(12)15/h7-8,10H,3-6,9H2,1-2H3/t10-/m1/s1. The first-order valence-corrected chi connectivity index (χ1v) is 6.95. The summed E-state index contributed by atoms with van der Waals surface area (Å²) >= 11 is 0. The Morgan fingerprint density at radius 3 is 2.90 bits per heavy atom. The van der Waals surface area contributed by atoms with Crippen molar-refractivity contribution in [1.29, 1.82) is 0 Å². The summed E-state index contributed by atoms with van der Waals surface area (Å²) in [5.41, 5.74) is -0.0426. The lowest BCUT2D eigenvalue weighted by molar-refractivity contribution is -0.385. The predicted octanol–water partition coefficient (Wildman–Crippen LogP) is 2.75. The molecular weight excluding hydrogens is 279 g/mol. The monoisotopic (exact) mass is 298 g/mol. The topological polar surface area (TPSA) is 64.8 Å². The molecule has 1 aromatic rings. The second-order valence-electron chi connectivity index (χ2n) is 4.90. The summed E-state index contributed by atoms with van der Waals surface area (Å²) in [7, 11) is 1.34. The summed E-state index contributed by atoms with van der Waals surface area (Å²) in [4.78, 5) is 12.1. The van der Waals surface area contributed by atoms with Crippen molar-refractivity contribution in [3.8, 4) is 5.75 Å². The lowest BCUT2D eigenvalue weighted by atomic mass is 10.1. The molecule has 1 aliphatic rings. The van der Waals surface area contributed by atoms with E-state index < -0.39 is 10.7 Å². The van der Waals surface area contributed by atoms with Crippen molar-refractivity contribution in [2.75, 3.05) is 31.7 Å². The fourth-order valence-electron chi connectivity index (χ4n) is 2.61. The van der Waals surface area contributed by atoms with Crippen LogP contribution in [0, 0.1) is 15.9 Å². The van der Waals surface area contributed by atoms with Crippen LogP contribution >= 0.6 is 0 Å². The minimum Gasteiger partial charge on any atom is -0.490 e. The van der Waals surface area contributed by atoms with Gasteiger partial charge in [-0.05, 0) is 19.8 Å². The molecule has 1 saturated heterocycles. The number of nitro benzene ring substituents is 1. The molecule has 116 valence electrons. The van der Waals surface area contributed by atoms with E-state index in [9.17, 15) is 14.5 Å². The van der Waals surface area contributed by atoms with Crippen molar-refractivity contribution in [1.82, 2.24) is 0 Å². The Labute approximate surface area is 122 Å². The number of hydrogen-bond acceptors (Lipinski definition) is 5. The van der Waals surface area contributed by atoms with Gasteiger partial charge in [-0.2, -0.15) is 0 Å². The SMILES string of the molecule is CCO[C@@H]1CCCN(c2cc(OC)c([N+](=O)[O-])cc2F)C1. The molecule has 1 atom stereocenters. The minimum atomic E-state index is -0.648. The quantitative estimate of drug-likeness (QED) is 0.618. The lowest BCUT2D eigenvalue weighted by Gasteiger charge is -2.34. The van der Waals surface area contributed by atoms with Crippen LogP contribution in [0.3, 0.4) is 0 Å². The Kier molecular flexibility index (Phi) is 4.95. The van der Waals surface area contributed by atoms with Gasteiger partial charge in [0.1, 0.15) is 0 Å². The van der Waals surface area contributed by atoms with Gasteiger partial charge in [-0.15, -0.1) is 0 Å². The molecule has 0 aliphatic carbocycles. The van der Waals surface area contributed by atoms with Gasteiger partial charge in [0.15, 0.2) is 11.6 Å². The van der Waals surface area contributed by atoms with E-state index in [2.05, 4.69) is 0 Å². The highest BCUT2D eigenvalue weighted by Crippen LogP contribution is 2.35. The first kappa shape index (κ1) is 15.5. The summed E-state index contributed by atoms with van der Waals surface area (Å²) in [5.74, 6) is -0.547. The van der Waals surface area contributed by atoms with Crippen LogP contribution < -0.4 is 9.64 Å². The third kappa shape index (κ3) is 3.41. The zero-order valence-electron chi connectivity index (χ0n) is 12.2. The maximum atomic E-state index is 14.2. The maximum absolute atomic E-state index is 14.2. The van der Waals surface area contributed by atoms with Crippen LogP contribution in [-0.2, 0) is 4.74 Å². The number of ether oxygens (including phenoxy) is 2. The Morgan fingerprint density at radius 2 is 2.29 bits per heavy atom. The Bertz CT molecular complexity index is 522. The highest BCUT2D eigenvalue weighted by Gasteiger charge is 2.26. The molecule has 1 fully saturated rings. The Hall–Kier alpha value is -1.89. The van der Waals surface area contributed by atoms with Crippen LogP contribution in [0.15, 0.2) is 12.1 Å². The summed E-state index contributed by atoms with van der Waals surface area (Å²) < 4.78 is 24.8. The summed E-state index contributed by atoms with van der Waals surface area (Å²) in [5, 5.41) is 10.9. The number of nitro groups is 1. The van der Waals surface area contributed by atoms with E-state index >= 15 is 0 Å². The van der Waals surface area contributed by atoms with Crippen molar-refractivity contribution < 1.29 is 18.8 Å². The zero-order valence-corrected chi connectivity index (χ0v) is 12.2. The second-order valence-corrected chi connectivity index (χ2v) is 4.90. The number of benzene rings is 1. The lowest BCUT2D eigenvalue weighted by Crippen LogP contribution is -2.40. The highest BCUT2D eigenvalue weighted by molar-refractivity contribution is 5.60. The summed E-state index contributed by atoms with van der Waals surface area (Å²) in [6.45, 7) is 3.81. The van der Waals surface area contributed by atoms with Gasteiger partial charge in [-0.1, -0.05) is 0 Å². The predicted molar refractivity (Wildman–Crippen MR) is 76.5 cm³/mol. The second kappa shape index (κ2) is 6.71. The van der Waals surface area contributed by atoms with E-state index in [4.69, 9.17) is 9.47 Å². The van der Waals surface area contributed by atoms with E-state index in [1.54, 1.807) is 0 Å². The van der Waals surface area contributed by atoms with Gasteiger partial charge in [-0.3, -0.25) is 10.1 Å². The number of halogens is 1. The van der Waals surface area contributed by atoms with Gasteiger partial charge in [0, 0.05) is 25.8 Å². The number of piperidine rings is 1.